The van der Waals surface area contributed by atoms with Crippen molar-refractivity contribution in [1.82, 2.24) is 0 Å². The zero-order valence-corrected chi connectivity index (χ0v) is 5.63. The lowest BCUT2D eigenvalue weighted by molar-refractivity contribution is 0.562. The predicted molar refractivity (Wildman–Crippen MR) is 121 cm³/mol. The molecule has 8 heteroatoms. The summed E-state index contributed by atoms with van der Waals surface area (Å²) in [6, 6.07) is 0. The maximum absolute atomic E-state index is 8.35. The van der Waals surface area contributed by atoms with Crippen LogP contribution in [0.3, 0.4) is 0 Å². The van der Waals surface area contributed by atoms with Crippen LogP contribution in [-0.4, -0.2) is 24.3 Å². The van der Waals surface area contributed by atoms with Crippen molar-refractivity contribution in [1.29, 1.82) is 21.6 Å². The first-order valence-corrected chi connectivity index (χ1v) is 1.82. The molecule has 0 radical (unpaired) electrons. The molecule has 0 spiro atoms. The fraction of sp³-hybridized carbons (Fsp3) is 0.765. The maximum Gasteiger partial charge on any atom is 0.231 e. The molecule has 0 saturated carbocycles. The van der Waals surface area contributed by atoms with Crippen molar-refractivity contribution in [2.75, 3.05) is 0 Å². The molecule has 8 nitrogen and oxygen atoms in total. The average molecular weight is 381 g/mol. The van der Waals surface area contributed by atoms with Gasteiger partial charge in [-0.2, -0.15) is 0 Å². The van der Waals surface area contributed by atoms with E-state index in [4.69, 9.17) is 40.8 Å². The third-order valence-corrected chi connectivity index (χ3v) is 0. The van der Waals surface area contributed by atoms with E-state index in [0.717, 1.165) is 24.3 Å². The summed E-state index contributed by atoms with van der Waals surface area (Å²) in [7, 11) is 0. The lowest BCUT2D eigenvalue weighted by Crippen LogP contribution is -1.16. The Morgan fingerprint density at radius 2 is 0.280 bits per heavy atom. The Morgan fingerprint density at radius 3 is 0.280 bits per heavy atom. The van der Waals surface area contributed by atoms with E-state index < -0.39 is 0 Å². The highest BCUT2D eigenvalue weighted by Crippen LogP contribution is 0.877. The quantitative estimate of drug-likeness (QED) is 0.248. The third-order valence-electron chi connectivity index (χ3n) is 0. The van der Waals surface area contributed by atoms with Gasteiger partial charge < -0.3 is 0 Å². The van der Waals surface area contributed by atoms with Crippen molar-refractivity contribution < 1.29 is 19.2 Å². The number of rotatable bonds is 0. The second-order valence-electron chi connectivity index (χ2n) is 0.408. The summed E-state index contributed by atoms with van der Waals surface area (Å²) in [6.07, 6.45) is 3.00. The summed E-state index contributed by atoms with van der Waals surface area (Å²) >= 11 is 0. The third kappa shape index (κ3) is 1330. The van der Waals surface area contributed by atoms with E-state index in [1.807, 2.05) is 0 Å². The normalized spacial score (nSPS) is 1.28. The van der Waals surface area contributed by atoms with Crippen molar-refractivity contribution >= 4 is 24.3 Å². The van der Waals surface area contributed by atoms with Gasteiger partial charge in [-0.1, -0.05) is 96.5 Å². The van der Waals surface area contributed by atoms with Crippen LogP contribution in [0.4, 0.5) is 0 Å². The Bertz CT molecular complexity index is 163. The number of carbonyl (C=O) groups excluding carboxylic acids is 4. The van der Waals surface area contributed by atoms with Crippen molar-refractivity contribution in [3.63, 3.8) is 0 Å². The van der Waals surface area contributed by atoms with Gasteiger partial charge in [0.15, 0.2) is 0 Å². The molecule has 0 amide bonds. The standard InChI is InChI=1S/4CHNO.13CH4/c4*2-1-3;;;;;;;;;;;;;/h4*2H;13*1H4. The topological polar surface area (TPSA) is 164 Å². The van der Waals surface area contributed by atoms with Crippen LogP contribution in [0.25, 0.3) is 0 Å². The van der Waals surface area contributed by atoms with Crippen molar-refractivity contribution in [2.45, 2.75) is 96.5 Å². The van der Waals surface area contributed by atoms with Crippen LogP contribution in [0.15, 0.2) is 0 Å². The molecule has 0 saturated heterocycles. The molecular weight excluding hydrogens is 324 g/mol. The predicted octanol–water partition coefficient (Wildman–Crippen LogP) is 7.87. The fourth-order valence-electron chi connectivity index (χ4n) is 0. The van der Waals surface area contributed by atoms with E-state index in [0.29, 0.717) is 0 Å². The van der Waals surface area contributed by atoms with Crippen molar-refractivity contribution in [2.24, 2.45) is 0 Å². The first-order valence-electron chi connectivity index (χ1n) is 1.82. The molecule has 0 bridgehead atoms. The zero-order valence-electron chi connectivity index (χ0n) is 5.63. The van der Waals surface area contributed by atoms with Crippen LogP contribution in [0.1, 0.15) is 96.5 Å². The van der Waals surface area contributed by atoms with Gasteiger partial charge in [0.2, 0.25) is 24.3 Å². The minimum absolute atomic E-state index is 0. The molecule has 0 rings (SSSR count). The van der Waals surface area contributed by atoms with Crippen molar-refractivity contribution in [3.05, 3.63) is 0 Å². The highest BCUT2D eigenvalue weighted by Gasteiger charge is 1.04. The molecule has 4 N–H and O–H groups in total. The second-order valence-corrected chi connectivity index (χ2v) is 0.408. The summed E-state index contributed by atoms with van der Waals surface area (Å²) in [5.74, 6) is 0. The monoisotopic (exact) mass is 380 g/mol. The van der Waals surface area contributed by atoms with Crippen LogP contribution in [0.2, 0.25) is 0 Å². The number of hydrogen-bond acceptors (Lipinski definition) is 8. The summed E-state index contributed by atoms with van der Waals surface area (Å²) in [4.78, 5) is 33.4. The van der Waals surface area contributed by atoms with Gasteiger partial charge in [0.05, 0.1) is 0 Å². The molecule has 0 atom stereocenters. The summed E-state index contributed by atoms with van der Waals surface area (Å²) in [5, 5.41) is 21.6. The van der Waals surface area contributed by atoms with Gasteiger partial charge in [0.1, 0.15) is 0 Å². The maximum atomic E-state index is 8.35. The van der Waals surface area contributed by atoms with Crippen LogP contribution in [0, 0.1) is 21.6 Å². The lowest BCUT2D eigenvalue weighted by Gasteiger charge is -1.02. The van der Waals surface area contributed by atoms with E-state index in [1.165, 1.54) is 0 Å². The smallest absolute Gasteiger partial charge is 0.222 e. The molecule has 0 fully saturated rings. The molecular formula is C17H56N4O4. The molecule has 25 heavy (non-hydrogen) atoms. The largest absolute Gasteiger partial charge is 0.231 e. The molecule has 0 aromatic carbocycles. The summed E-state index contributed by atoms with van der Waals surface area (Å²) in [5.41, 5.74) is 0. The van der Waals surface area contributed by atoms with E-state index >= 15 is 0 Å². The average Bonchev–Trinajstić information content (AvgIpc) is 1.92. The first kappa shape index (κ1) is 342. The molecule has 0 heterocycles. The van der Waals surface area contributed by atoms with Crippen molar-refractivity contribution in [3.8, 4) is 0 Å². The number of isocyanates is 4. The molecule has 0 aliphatic heterocycles. The molecule has 0 unspecified atom stereocenters. The minimum atomic E-state index is 0. The van der Waals surface area contributed by atoms with Crippen LogP contribution >= 0.6 is 0 Å². The van der Waals surface area contributed by atoms with Gasteiger partial charge in [-0.05, 0) is 0 Å². The highest BCUT2D eigenvalue weighted by molar-refractivity contribution is 5.26. The van der Waals surface area contributed by atoms with Gasteiger partial charge in [-0.25, -0.2) is 40.8 Å². The fourth-order valence-corrected chi connectivity index (χ4v) is 0. The van der Waals surface area contributed by atoms with E-state index in [9.17, 15) is 0 Å². The minimum Gasteiger partial charge on any atom is -0.222 e. The highest BCUT2D eigenvalue weighted by atomic mass is 16.1. The Kier molecular flexibility index (Phi) is 53700. The van der Waals surface area contributed by atoms with Gasteiger partial charge in [-0.3, -0.25) is 0 Å². The molecule has 0 aromatic heterocycles. The van der Waals surface area contributed by atoms with Gasteiger partial charge in [-0.15, -0.1) is 0 Å². The zero-order chi connectivity index (χ0) is 10.8. The van der Waals surface area contributed by atoms with Crippen LogP contribution < -0.4 is 0 Å². The van der Waals surface area contributed by atoms with Gasteiger partial charge in [0.25, 0.3) is 0 Å². The van der Waals surface area contributed by atoms with E-state index in [1.54, 1.807) is 0 Å². The molecule has 0 aliphatic carbocycles. The first-order chi connectivity index (χ1) is 5.66. The molecule has 168 valence electrons. The number of hydrogen-bond donors (Lipinski definition) is 4. The lowest BCUT2D eigenvalue weighted by atomic mass is 11.7. The molecule has 0 aliphatic rings. The van der Waals surface area contributed by atoms with Gasteiger partial charge in [0, 0.05) is 0 Å². The van der Waals surface area contributed by atoms with Crippen LogP contribution in [0.5, 0.6) is 0 Å². The van der Waals surface area contributed by atoms with Crippen LogP contribution in [-0.2, 0) is 19.2 Å². The summed E-state index contributed by atoms with van der Waals surface area (Å²) < 4.78 is 0. The Balaban J connectivity index is -0.00000000194. The SMILES string of the molecule is C.C.C.C.C.C.C.C.C.C.C.C.C.N=C=O.N=C=O.N=C=O.N=C=O. The number of nitrogens with one attached hydrogen (secondary N) is 4. The Labute approximate surface area is 162 Å². The van der Waals surface area contributed by atoms with E-state index in [2.05, 4.69) is 0 Å². The second kappa shape index (κ2) is 3920. The Hall–Kier alpha value is -2.48. The van der Waals surface area contributed by atoms with Gasteiger partial charge >= 0.3 is 0 Å². The summed E-state index contributed by atoms with van der Waals surface area (Å²) in [6.45, 7) is 0. The molecule has 0 aromatic rings. The Morgan fingerprint density at radius 1 is 0.280 bits per heavy atom. The van der Waals surface area contributed by atoms with E-state index in [-0.39, 0.29) is 96.5 Å².